The average Bonchev–Trinajstić information content (AvgIpc) is 3.10. The number of para-hydroxylation sites is 2. The molecule has 0 spiro atoms. The molecule has 0 atom stereocenters. The van der Waals surface area contributed by atoms with Gasteiger partial charge in [-0.25, -0.2) is 4.79 Å². The normalized spacial score (nSPS) is 10.9. The Kier molecular flexibility index (Phi) is 4.38. The molecule has 0 fully saturated rings. The lowest BCUT2D eigenvalue weighted by Gasteiger charge is -2.04. The van der Waals surface area contributed by atoms with Gasteiger partial charge in [-0.3, -0.25) is 23.4 Å². The Morgan fingerprint density at radius 1 is 1.12 bits per heavy atom. The third-order valence-electron chi connectivity index (χ3n) is 3.75. The number of carboxylic acids is 1. The van der Waals surface area contributed by atoms with Gasteiger partial charge in [0.15, 0.2) is 5.82 Å². The summed E-state index contributed by atoms with van der Waals surface area (Å²) >= 11 is 0. The fourth-order valence-electron chi connectivity index (χ4n) is 2.71. The van der Waals surface area contributed by atoms with E-state index in [9.17, 15) is 14.4 Å². The van der Waals surface area contributed by atoms with E-state index >= 15 is 0 Å². The van der Waals surface area contributed by atoms with E-state index < -0.39 is 11.9 Å². The number of imidazole rings is 1. The second-order valence-corrected chi connectivity index (χ2v) is 5.44. The highest BCUT2D eigenvalue weighted by molar-refractivity contribution is 5.90. The van der Waals surface area contributed by atoms with Crippen molar-refractivity contribution >= 4 is 28.7 Å². The second-order valence-electron chi connectivity index (χ2n) is 5.44. The molecule has 0 unspecified atom stereocenters. The van der Waals surface area contributed by atoms with E-state index in [2.05, 4.69) is 10.4 Å². The highest BCUT2D eigenvalue weighted by Crippen LogP contribution is 2.13. The number of amides is 1. The lowest BCUT2D eigenvalue weighted by atomic mass is 10.3. The predicted molar refractivity (Wildman–Crippen MR) is 90.4 cm³/mol. The number of nitrogens with one attached hydrogen (secondary N) is 1. The number of aryl methyl sites for hydroxylation is 1. The largest absolute Gasteiger partial charge is 0.480 e. The number of carboxylic acid groups (broad SMARTS) is 1. The zero-order chi connectivity index (χ0) is 18.0. The number of aliphatic carboxylic acids is 1. The van der Waals surface area contributed by atoms with Gasteiger partial charge < -0.3 is 10.4 Å². The first kappa shape index (κ1) is 16.5. The molecule has 0 radical (unpaired) electrons. The number of hydrogen-bond acceptors (Lipinski definition) is 4. The molecule has 0 saturated carbocycles. The van der Waals surface area contributed by atoms with E-state index in [0.717, 1.165) is 5.52 Å². The Balaban J connectivity index is 1.81. The molecule has 2 N–H and O–H groups in total. The number of hydrogen-bond donors (Lipinski definition) is 2. The summed E-state index contributed by atoms with van der Waals surface area (Å²) in [6.07, 6.45) is 1.46. The zero-order valence-corrected chi connectivity index (χ0v) is 13.5. The number of benzene rings is 1. The van der Waals surface area contributed by atoms with Crippen LogP contribution in [-0.2, 0) is 29.2 Å². The van der Waals surface area contributed by atoms with Crippen molar-refractivity contribution in [3.63, 3.8) is 0 Å². The van der Waals surface area contributed by atoms with Gasteiger partial charge in [0.2, 0.25) is 5.91 Å². The van der Waals surface area contributed by atoms with Crippen LogP contribution in [0.4, 0.5) is 5.82 Å². The van der Waals surface area contributed by atoms with Crippen molar-refractivity contribution in [2.24, 2.45) is 0 Å². The van der Waals surface area contributed by atoms with Crippen molar-refractivity contribution in [2.45, 2.75) is 26.6 Å². The molecule has 2 heterocycles. The van der Waals surface area contributed by atoms with Gasteiger partial charge in [-0.05, 0) is 19.1 Å². The van der Waals surface area contributed by atoms with Gasteiger partial charge in [-0.15, -0.1) is 0 Å². The summed E-state index contributed by atoms with van der Waals surface area (Å²) < 4.78 is 4.21. The molecule has 9 heteroatoms. The minimum Gasteiger partial charge on any atom is -0.480 e. The summed E-state index contributed by atoms with van der Waals surface area (Å²) in [4.78, 5) is 35.4. The van der Waals surface area contributed by atoms with Gasteiger partial charge in [0.05, 0.1) is 11.0 Å². The summed E-state index contributed by atoms with van der Waals surface area (Å²) in [5.74, 6) is -1.21. The second kappa shape index (κ2) is 6.63. The fourth-order valence-corrected chi connectivity index (χ4v) is 2.71. The average molecular weight is 343 g/mol. The van der Waals surface area contributed by atoms with Crippen LogP contribution < -0.4 is 11.0 Å². The first-order valence-electron chi connectivity index (χ1n) is 7.72. The van der Waals surface area contributed by atoms with Gasteiger partial charge >= 0.3 is 11.7 Å². The maximum absolute atomic E-state index is 12.5. The molecule has 1 aromatic carbocycles. The van der Waals surface area contributed by atoms with Gasteiger partial charge in [-0.2, -0.15) is 5.10 Å². The first-order chi connectivity index (χ1) is 12.0. The molecule has 2 aromatic heterocycles. The van der Waals surface area contributed by atoms with Gasteiger partial charge in [0.25, 0.3) is 0 Å². The van der Waals surface area contributed by atoms with Crippen LogP contribution >= 0.6 is 0 Å². The van der Waals surface area contributed by atoms with Crippen LogP contribution in [-0.4, -0.2) is 35.9 Å². The van der Waals surface area contributed by atoms with Crippen LogP contribution in [0, 0.1) is 0 Å². The Morgan fingerprint density at radius 2 is 1.80 bits per heavy atom. The summed E-state index contributed by atoms with van der Waals surface area (Å²) in [5.41, 5.74) is 1.20. The Bertz CT molecular complexity index is 998. The predicted octanol–water partition coefficient (Wildman–Crippen LogP) is 0.743. The number of carbonyl (C=O) groups is 2. The molecule has 0 aliphatic heterocycles. The van der Waals surface area contributed by atoms with Gasteiger partial charge in [-0.1, -0.05) is 12.1 Å². The van der Waals surface area contributed by atoms with Crippen molar-refractivity contribution in [3.8, 4) is 0 Å². The van der Waals surface area contributed by atoms with Crippen LogP contribution in [0.1, 0.15) is 6.92 Å². The summed E-state index contributed by atoms with van der Waals surface area (Å²) in [5, 5.41) is 15.2. The molecule has 3 rings (SSSR count). The van der Waals surface area contributed by atoms with E-state index in [1.807, 2.05) is 25.1 Å². The standard InChI is InChI=1S/C16H17N5O4/c1-2-20-11-5-3-4-6-12(11)21(16(20)25)9-14(22)17-13-7-8-19(18-13)10-15(23)24/h3-8H,2,9-10H2,1H3,(H,23,24)(H,17,18,22). The molecule has 1 amide bonds. The maximum atomic E-state index is 12.5. The van der Waals surface area contributed by atoms with Crippen molar-refractivity contribution in [1.82, 2.24) is 18.9 Å². The van der Waals surface area contributed by atoms with Crippen LogP contribution in [0.5, 0.6) is 0 Å². The molecule has 3 aromatic rings. The Labute approximate surface area is 142 Å². The number of fused-ring (bicyclic) bond motifs is 1. The third-order valence-corrected chi connectivity index (χ3v) is 3.75. The zero-order valence-electron chi connectivity index (χ0n) is 13.5. The lowest BCUT2D eigenvalue weighted by Crippen LogP contribution is -2.29. The number of aromatic nitrogens is 4. The molecule has 25 heavy (non-hydrogen) atoms. The SMILES string of the molecule is CCn1c(=O)n(CC(=O)Nc2ccn(CC(=O)O)n2)c2ccccc21. The minimum atomic E-state index is -1.03. The molecule has 9 nitrogen and oxygen atoms in total. The van der Waals surface area contributed by atoms with E-state index in [1.165, 1.54) is 21.5 Å². The number of carbonyl (C=O) groups excluding carboxylic acids is 1. The van der Waals surface area contributed by atoms with Gasteiger partial charge in [0.1, 0.15) is 13.1 Å². The van der Waals surface area contributed by atoms with Crippen molar-refractivity contribution in [3.05, 3.63) is 47.0 Å². The lowest BCUT2D eigenvalue weighted by molar-refractivity contribution is -0.137. The molecule has 0 bridgehead atoms. The molecule has 0 aliphatic carbocycles. The van der Waals surface area contributed by atoms with E-state index in [4.69, 9.17) is 5.11 Å². The summed E-state index contributed by atoms with van der Waals surface area (Å²) in [7, 11) is 0. The topological polar surface area (TPSA) is 111 Å². The van der Waals surface area contributed by atoms with E-state index in [1.54, 1.807) is 10.6 Å². The van der Waals surface area contributed by atoms with Gasteiger partial charge in [0, 0.05) is 18.8 Å². The minimum absolute atomic E-state index is 0.155. The molecule has 0 aliphatic rings. The van der Waals surface area contributed by atoms with Crippen LogP contribution in [0.15, 0.2) is 41.3 Å². The Morgan fingerprint density at radius 3 is 2.44 bits per heavy atom. The molecular weight excluding hydrogens is 326 g/mol. The quantitative estimate of drug-likeness (QED) is 0.686. The van der Waals surface area contributed by atoms with Crippen molar-refractivity contribution in [1.29, 1.82) is 0 Å². The number of anilines is 1. The van der Waals surface area contributed by atoms with Crippen molar-refractivity contribution < 1.29 is 14.7 Å². The Hall–Kier alpha value is -3.36. The van der Waals surface area contributed by atoms with Crippen LogP contribution in [0.3, 0.4) is 0 Å². The van der Waals surface area contributed by atoms with E-state index in [0.29, 0.717) is 12.1 Å². The number of rotatable bonds is 6. The van der Waals surface area contributed by atoms with Crippen LogP contribution in [0.2, 0.25) is 0 Å². The monoisotopic (exact) mass is 343 g/mol. The highest BCUT2D eigenvalue weighted by atomic mass is 16.4. The fraction of sp³-hybridized carbons (Fsp3) is 0.250. The smallest absolute Gasteiger partial charge is 0.329 e. The highest BCUT2D eigenvalue weighted by Gasteiger charge is 2.15. The summed E-state index contributed by atoms with van der Waals surface area (Å²) in [6, 6.07) is 8.77. The third kappa shape index (κ3) is 3.30. The number of nitrogens with zero attached hydrogens (tertiary/aromatic N) is 4. The van der Waals surface area contributed by atoms with Crippen molar-refractivity contribution in [2.75, 3.05) is 5.32 Å². The molecule has 0 saturated heterocycles. The summed E-state index contributed by atoms with van der Waals surface area (Å²) in [6.45, 7) is 1.93. The van der Waals surface area contributed by atoms with Crippen LogP contribution in [0.25, 0.3) is 11.0 Å². The first-order valence-corrected chi connectivity index (χ1v) is 7.72. The van der Waals surface area contributed by atoms with E-state index in [-0.39, 0.29) is 24.6 Å². The maximum Gasteiger partial charge on any atom is 0.329 e. The molecule has 130 valence electrons. The molecular formula is C16H17N5O4.